The van der Waals surface area contributed by atoms with Gasteiger partial charge in [0, 0.05) is 43.9 Å². The van der Waals surface area contributed by atoms with Gasteiger partial charge in [0.05, 0.1) is 14.2 Å². The summed E-state index contributed by atoms with van der Waals surface area (Å²) in [7, 11) is 3.29. The second kappa shape index (κ2) is 9.79. The molecule has 1 aliphatic heterocycles. The number of piperazine rings is 1. The lowest BCUT2D eigenvalue weighted by Gasteiger charge is -2.34. The van der Waals surface area contributed by atoms with E-state index in [1.165, 1.54) is 0 Å². The Balaban J connectivity index is 1.48. The summed E-state index contributed by atoms with van der Waals surface area (Å²) in [5.74, 6) is 1.25. The van der Waals surface area contributed by atoms with Crippen LogP contribution in [0, 0.1) is 0 Å². The fourth-order valence-corrected chi connectivity index (χ4v) is 3.21. The third-order valence-electron chi connectivity index (χ3n) is 4.86. The smallest absolute Gasteiger partial charge is 0.336 e. The number of hydrazine groups is 1. The molecule has 1 aliphatic rings. The van der Waals surface area contributed by atoms with Gasteiger partial charge in [0.1, 0.15) is 11.5 Å². The highest BCUT2D eigenvalue weighted by Gasteiger charge is 2.22. The number of hydrogen-bond donors (Lipinski definition) is 2. The van der Waals surface area contributed by atoms with Crippen molar-refractivity contribution in [2.45, 2.75) is 6.54 Å². The van der Waals surface area contributed by atoms with Crippen molar-refractivity contribution >= 4 is 11.9 Å². The van der Waals surface area contributed by atoms with Gasteiger partial charge in [-0.15, -0.1) is 0 Å². The van der Waals surface area contributed by atoms with Gasteiger partial charge in [0.2, 0.25) is 0 Å². The van der Waals surface area contributed by atoms with Gasteiger partial charge in [-0.25, -0.2) is 10.2 Å². The van der Waals surface area contributed by atoms with Gasteiger partial charge < -0.3 is 14.4 Å². The zero-order valence-corrected chi connectivity index (χ0v) is 16.7. The highest BCUT2D eigenvalue weighted by molar-refractivity contribution is 5.95. The maximum absolute atomic E-state index is 12.3. The minimum atomic E-state index is -0.345. The van der Waals surface area contributed by atoms with Crippen molar-refractivity contribution in [2.24, 2.45) is 0 Å². The van der Waals surface area contributed by atoms with E-state index >= 15 is 0 Å². The molecule has 1 heterocycles. The topological polar surface area (TPSA) is 83.1 Å². The molecule has 29 heavy (non-hydrogen) atoms. The number of rotatable bonds is 5. The number of carbonyl (C=O) groups is 2. The quantitative estimate of drug-likeness (QED) is 0.752. The molecule has 2 aromatic carbocycles. The molecule has 2 N–H and O–H groups in total. The van der Waals surface area contributed by atoms with Crippen LogP contribution in [-0.4, -0.2) is 62.1 Å². The Hall–Kier alpha value is -3.26. The number of methoxy groups -OCH3 is 2. The van der Waals surface area contributed by atoms with E-state index in [-0.39, 0.29) is 11.9 Å². The van der Waals surface area contributed by atoms with Crippen molar-refractivity contribution in [2.75, 3.05) is 40.4 Å². The zero-order chi connectivity index (χ0) is 20.6. The minimum absolute atomic E-state index is 0.312. The van der Waals surface area contributed by atoms with Crippen LogP contribution in [0.25, 0.3) is 0 Å². The maximum atomic E-state index is 12.3. The van der Waals surface area contributed by atoms with Crippen molar-refractivity contribution in [3.63, 3.8) is 0 Å². The molecule has 8 heteroatoms. The lowest BCUT2D eigenvalue weighted by Crippen LogP contribution is -2.55. The monoisotopic (exact) mass is 398 g/mol. The Morgan fingerprint density at radius 2 is 1.66 bits per heavy atom. The maximum Gasteiger partial charge on any atom is 0.336 e. The van der Waals surface area contributed by atoms with Crippen molar-refractivity contribution in [3.8, 4) is 11.5 Å². The van der Waals surface area contributed by atoms with Gasteiger partial charge >= 0.3 is 6.03 Å². The number of benzene rings is 2. The number of ether oxygens (including phenoxy) is 2. The molecule has 0 bridgehead atoms. The van der Waals surface area contributed by atoms with Crippen molar-refractivity contribution in [1.29, 1.82) is 0 Å². The van der Waals surface area contributed by atoms with Crippen LogP contribution in [0.4, 0.5) is 4.79 Å². The first-order chi connectivity index (χ1) is 14.1. The summed E-state index contributed by atoms with van der Waals surface area (Å²) in [4.78, 5) is 28.3. The molecule has 2 aromatic rings. The molecular weight excluding hydrogens is 372 g/mol. The summed E-state index contributed by atoms with van der Waals surface area (Å²) >= 11 is 0. The fourth-order valence-electron chi connectivity index (χ4n) is 3.21. The molecule has 0 radical (unpaired) electrons. The molecule has 154 valence electrons. The average molecular weight is 398 g/mol. The average Bonchev–Trinajstić information content (AvgIpc) is 2.78. The first kappa shape index (κ1) is 20.5. The second-order valence-corrected chi connectivity index (χ2v) is 6.69. The standard InChI is InChI=1S/C21H26N4O4/c1-28-18-8-9-19(29-2)17(14-18)15-24-10-12-25(13-11-24)21(27)23-22-20(26)16-6-4-3-5-7-16/h3-9,14H,10-13,15H2,1-2H3,(H,22,26)(H,23,27). The van der Waals surface area contributed by atoms with Crippen LogP contribution in [0.5, 0.6) is 11.5 Å². The Morgan fingerprint density at radius 3 is 2.31 bits per heavy atom. The normalized spacial score (nSPS) is 14.2. The van der Waals surface area contributed by atoms with Gasteiger partial charge in [-0.2, -0.15) is 0 Å². The third-order valence-corrected chi connectivity index (χ3v) is 4.86. The first-order valence-corrected chi connectivity index (χ1v) is 9.44. The SMILES string of the molecule is COc1ccc(OC)c(CN2CCN(C(=O)NNC(=O)c3ccccc3)CC2)c1. The van der Waals surface area contributed by atoms with Crippen LogP contribution in [0.2, 0.25) is 0 Å². The molecular formula is C21H26N4O4. The van der Waals surface area contributed by atoms with Gasteiger partial charge in [0.15, 0.2) is 0 Å². The van der Waals surface area contributed by atoms with E-state index < -0.39 is 0 Å². The second-order valence-electron chi connectivity index (χ2n) is 6.69. The number of nitrogens with zero attached hydrogens (tertiary/aromatic N) is 2. The first-order valence-electron chi connectivity index (χ1n) is 9.44. The molecule has 0 unspecified atom stereocenters. The van der Waals surface area contributed by atoms with Gasteiger partial charge in [-0.3, -0.25) is 15.1 Å². The van der Waals surface area contributed by atoms with E-state index in [0.717, 1.165) is 30.2 Å². The largest absolute Gasteiger partial charge is 0.497 e. The Labute approximate surface area is 170 Å². The molecule has 8 nitrogen and oxygen atoms in total. The molecule has 0 aromatic heterocycles. The highest BCUT2D eigenvalue weighted by Crippen LogP contribution is 2.25. The van der Waals surface area contributed by atoms with Crippen LogP contribution >= 0.6 is 0 Å². The molecule has 3 rings (SSSR count). The lowest BCUT2D eigenvalue weighted by atomic mass is 10.1. The number of nitrogens with one attached hydrogen (secondary N) is 2. The lowest BCUT2D eigenvalue weighted by molar-refractivity contribution is 0.0919. The third kappa shape index (κ3) is 5.39. The Kier molecular flexibility index (Phi) is 6.91. The molecule has 0 spiro atoms. The molecule has 3 amide bonds. The zero-order valence-electron chi connectivity index (χ0n) is 16.7. The van der Waals surface area contributed by atoms with Gasteiger partial charge in [0.25, 0.3) is 5.91 Å². The van der Waals surface area contributed by atoms with Gasteiger partial charge in [-0.05, 0) is 30.3 Å². The number of hydrogen-bond acceptors (Lipinski definition) is 5. The fraction of sp³-hybridized carbons (Fsp3) is 0.333. The summed E-state index contributed by atoms with van der Waals surface area (Å²) in [5.41, 5.74) is 6.46. The Bertz CT molecular complexity index is 836. The number of amides is 3. The van der Waals surface area contributed by atoms with Crippen molar-refractivity contribution in [1.82, 2.24) is 20.7 Å². The van der Waals surface area contributed by atoms with E-state index in [1.54, 1.807) is 43.4 Å². The molecule has 0 saturated carbocycles. The van der Waals surface area contributed by atoms with Crippen LogP contribution < -0.4 is 20.3 Å². The molecule has 0 aliphatic carbocycles. The van der Waals surface area contributed by atoms with Crippen LogP contribution in [0.1, 0.15) is 15.9 Å². The van der Waals surface area contributed by atoms with Gasteiger partial charge in [-0.1, -0.05) is 18.2 Å². The summed E-state index contributed by atoms with van der Waals surface area (Å²) < 4.78 is 10.7. The van der Waals surface area contributed by atoms with Crippen LogP contribution in [0.15, 0.2) is 48.5 Å². The summed E-state index contributed by atoms with van der Waals surface area (Å²) in [5, 5.41) is 0. The van der Waals surface area contributed by atoms with Crippen LogP contribution in [-0.2, 0) is 6.54 Å². The number of urea groups is 1. The van der Waals surface area contributed by atoms with E-state index in [9.17, 15) is 9.59 Å². The minimum Gasteiger partial charge on any atom is -0.497 e. The van der Waals surface area contributed by atoms with Crippen molar-refractivity contribution in [3.05, 3.63) is 59.7 Å². The predicted molar refractivity (Wildman–Crippen MR) is 109 cm³/mol. The molecule has 1 saturated heterocycles. The number of carbonyl (C=O) groups excluding carboxylic acids is 2. The van der Waals surface area contributed by atoms with E-state index in [1.807, 2.05) is 24.3 Å². The summed E-state index contributed by atoms with van der Waals surface area (Å²) in [6.07, 6.45) is 0. The molecule has 0 atom stereocenters. The van der Waals surface area contributed by atoms with Crippen LogP contribution in [0.3, 0.4) is 0 Å². The van der Waals surface area contributed by atoms with E-state index in [4.69, 9.17) is 9.47 Å². The highest BCUT2D eigenvalue weighted by atomic mass is 16.5. The van der Waals surface area contributed by atoms with E-state index in [0.29, 0.717) is 25.2 Å². The predicted octanol–water partition coefficient (Wildman–Crippen LogP) is 1.88. The Morgan fingerprint density at radius 1 is 0.931 bits per heavy atom. The molecule has 1 fully saturated rings. The summed E-state index contributed by atoms with van der Waals surface area (Å²) in [6, 6.07) is 14.2. The summed E-state index contributed by atoms with van der Waals surface area (Å²) in [6.45, 7) is 3.29. The van der Waals surface area contributed by atoms with Crippen molar-refractivity contribution < 1.29 is 19.1 Å². The van der Waals surface area contributed by atoms with E-state index in [2.05, 4.69) is 15.8 Å².